The number of morpholine rings is 1. The zero-order valence-corrected chi connectivity index (χ0v) is 25.3. The van der Waals surface area contributed by atoms with Gasteiger partial charge in [-0.25, -0.2) is 4.98 Å². The number of rotatable bonds is 9. The number of anilines is 2. The van der Waals surface area contributed by atoms with Gasteiger partial charge in [0.2, 0.25) is 11.8 Å². The van der Waals surface area contributed by atoms with Crippen LogP contribution in [0.1, 0.15) is 71.0 Å². The van der Waals surface area contributed by atoms with Crippen LogP contribution in [0.25, 0.3) is 11.3 Å². The molecule has 1 aliphatic carbocycles. The van der Waals surface area contributed by atoms with E-state index in [-0.39, 0.29) is 29.9 Å². The number of pyridine rings is 1. The second-order valence-electron chi connectivity index (χ2n) is 12.4. The molecule has 2 aromatic heterocycles. The third-order valence-electron chi connectivity index (χ3n) is 9.41. The van der Waals surface area contributed by atoms with Crippen LogP contribution in [0.15, 0.2) is 42.6 Å². The molecule has 45 heavy (non-hydrogen) atoms. The summed E-state index contributed by atoms with van der Waals surface area (Å²) >= 11 is 0. The normalized spacial score (nSPS) is 23.2. The zero-order valence-electron chi connectivity index (χ0n) is 25.3. The first-order valence-corrected chi connectivity index (χ1v) is 15.8. The third-order valence-corrected chi connectivity index (χ3v) is 9.41. The van der Waals surface area contributed by atoms with E-state index in [0.29, 0.717) is 12.0 Å². The summed E-state index contributed by atoms with van der Waals surface area (Å²) in [6.45, 7) is 5.96. The van der Waals surface area contributed by atoms with Crippen molar-refractivity contribution in [2.24, 2.45) is 5.92 Å². The monoisotopic (exact) mass is 611 g/mol. The van der Waals surface area contributed by atoms with Gasteiger partial charge in [-0.3, -0.25) is 34.1 Å². The van der Waals surface area contributed by atoms with Gasteiger partial charge in [0.1, 0.15) is 11.9 Å². The summed E-state index contributed by atoms with van der Waals surface area (Å²) in [5.74, 6) is -0.365. The summed E-state index contributed by atoms with van der Waals surface area (Å²) in [6.07, 6.45) is 6.63. The van der Waals surface area contributed by atoms with Gasteiger partial charge < -0.3 is 15.0 Å². The molecular formula is C33H37N7O5. The van der Waals surface area contributed by atoms with Crippen LogP contribution < -0.4 is 15.5 Å². The quantitative estimate of drug-likeness (QED) is 0.276. The molecule has 7 rings (SSSR count). The Bertz CT molecular complexity index is 1660. The topological polar surface area (TPSA) is 139 Å². The fourth-order valence-electron chi connectivity index (χ4n) is 6.82. The van der Waals surface area contributed by atoms with Crippen molar-refractivity contribution in [1.82, 2.24) is 25.0 Å². The van der Waals surface area contributed by atoms with Crippen LogP contribution in [0.2, 0.25) is 0 Å². The lowest BCUT2D eigenvalue weighted by molar-refractivity contribution is -0.136. The Morgan fingerprint density at radius 1 is 1.00 bits per heavy atom. The fraction of sp³-hybridized carbons (Fsp3) is 0.455. The second kappa shape index (κ2) is 12.1. The van der Waals surface area contributed by atoms with Gasteiger partial charge >= 0.3 is 0 Å². The molecule has 4 aliphatic rings. The average Bonchev–Trinajstić information content (AvgIpc) is 3.52. The molecule has 12 nitrogen and oxygen atoms in total. The molecule has 0 radical (unpaired) electrons. The molecule has 1 saturated carbocycles. The summed E-state index contributed by atoms with van der Waals surface area (Å²) in [5, 5.41) is 10.4. The Labute approximate surface area is 261 Å². The van der Waals surface area contributed by atoms with Crippen molar-refractivity contribution in [3.8, 4) is 11.3 Å². The number of fused-ring (bicyclic) bond motifs is 1. The third kappa shape index (κ3) is 5.70. The van der Waals surface area contributed by atoms with Gasteiger partial charge in [-0.15, -0.1) is 0 Å². The van der Waals surface area contributed by atoms with E-state index in [1.165, 1.54) is 0 Å². The highest BCUT2D eigenvalue weighted by molar-refractivity contribution is 6.23. The van der Waals surface area contributed by atoms with E-state index in [9.17, 15) is 19.2 Å². The first kappa shape index (κ1) is 29.1. The SMILES string of the molecule is Cc1nn([C@H]2C[C@H](CCCNc3ccc4c(c3)C(=O)N(C3CCC(=O)NC3=O)C4=O)C2)cc1-c1cccc(N2CCOCC2)n1. The number of nitrogens with zero attached hydrogens (tertiary/aromatic N) is 5. The predicted octanol–water partition coefficient (Wildman–Crippen LogP) is 3.33. The van der Waals surface area contributed by atoms with Crippen molar-refractivity contribution in [2.45, 2.75) is 57.5 Å². The van der Waals surface area contributed by atoms with Crippen LogP contribution in [-0.2, 0) is 14.3 Å². The van der Waals surface area contributed by atoms with Crippen molar-refractivity contribution in [1.29, 1.82) is 0 Å². The largest absolute Gasteiger partial charge is 0.385 e. The highest BCUT2D eigenvalue weighted by Crippen LogP contribution is 2.41. The lowest BCUT2D eigenvalue weighted by Gasteiger charge is -2.35. The molecule has 2 saturated heterocycles. The average molecular weight is 612 g/mol. The van der Waals surface area contributed by atoms with Gasteiger partial charge in [-0.2, -0.15) is 5.10 Å². The van der Waals surface area contributed by atoms with Crippen LogP contribution in [0.4, 0.5) is 11.5 Å². The van der Waals surface area contributed by atoms with Gasteiger partial charge in [0, 0.05) is 43.5 Å². The molecule has 234 valence electrons. The van der Waals surface area contributed by atoms with Crippen molar-refractivity contribution < 1.29 is 23.9 Å². The molecule has 12 heteroatoms. The number of imide groups is 2. The van der Waals surface area contributed by atoms with E-state index in [1.807, 2.05) is 6.92 Å². The van der Waals surface area contributed by atoms with Gasteiger partial charge in [0.25, 0.3) is 11.8 Å². The summed E-state index contributed by atoms with van der Waals surface area (Å²) < 4.78 is 7.60. The molecule has 4 amide bonds. The van der Waals surface area contributed by atoms with Gasteiger partial charge in [0.15, 0.2) is 0 Å². The van der Waals surface area contributed by atoms with E-state index in [0.717, 1.165) is 91.9 Å². The Morgan fingerprint density at radius 3 is 2.60 bits per heavy atom. The molecule has 0 spiro atoms. The molecule has 1 unspecified atom stereocenters. The number of amides is 4. The van der Waals surface area contributed by atoms with E-state index < -0.39 is 23.8 Å². The molecule has 0 bridgehead atoms. The summed E-state index contributed by atoms with van der Waals surface area (Å²) in [7, 11) is 0. The van der Waals surface area contributed by atoms with E-state index in [1.54, 1.807) is 18.2 Å². The van der Waals surface area contributed by atoms with Gasteiger partial charge in [-0.05, 0) is 75.3 Å². The fourth-order valence-corrected chi connectivity index (χ4v) is 6.82. The van der Waals surface area contributed by atoms with Crippen molar-refractivity contribution in [3.63, 3.8) is 0 Å². The Hall–Kier alpha value is -4.58. The lowest BCUT2D eigenvalue weighted by Crippen LogP contribution is -2.54. The molecule has 2 N–H and O–H groups in total. The number of hydrogen-bond donors (Lipinski definition) is 2. The van der Waals surface area contributed by atoms with E-state index in [2.05, 4.69) is 44.6 Å². The molecule has 1 atom stereocenters. The number of hydrogen-bond acceptors (Lipinski definition) is 9. The van der Waals surface area contributed by atoms with Crippen molar-refractivity contribution >= 4 is 35.1 Å². The number of piperidine rings is 1. The van der Waals surface area contributed by atoms with Crippen LogP contribution >= 0.6 is 0 Å². The number of benzene rings is 1. The molecule has 5 heterocycles. The number of aryl methyl sites for hydroxylation is 1. The summed E-state index contributed by atoms with van der Waals surface area (Å²) in [4.78, 5) is 58.0. The van der Waals surface area contributed by atoms with Crippen molar-refractivity contribution in [2.75, 3.05) is 43.1 Å². The number of carbonyl (C=O) groups excluding carboxylic acids is 4. The predicted molar refractivity (Wildman–Crippen MR) is 166 cm³/mol. The van der Waals surface area contributed by atoms with E-state index in [4.69, 9.17) is 14.8 Å². The second-order valence-corrected chi connectivity index (χ2v) is 12.4. The lowest BCUT2D eigenvalue weighted by atomic mass is 9.77. The first-order valence-electron chi connectivity index (χ1n) is 15.8. The smallest absolute Gasteiger partial charge is 0.262 e. The maximum absolute atomic E-state index is 13.1. The molecule has 1 aromatic carbocycles. The maximum Gasteiger partial charge on any atom is 0.262 e. The number of ether oxygens (including phenoxy) is 1. The number of carbonyl (C=O) groups is 4. The summed E-state index contributed by atoms with van der Waals surface area (Å²) in [5.41, 5.74) is 4.35. The zero-order chi connectivity index (χ0) is 31.1. The Balaban J connectivity index is 0.890. The number of aromatic nitrogens is 3. The molecule has 3 aliphatic heterocycles. The highest BCUT2D eigenvalue weighted by Gasteiger charge is 2.44. The molecular weight excluding hydrogens is 574 g/mol. The van der Waals surface area contributed by atoms with Crippen LogP contribution in [0.3, 0.4) is 0 Å². The minimum atomic E-state index is -0.960. The maximum atomic E-state index is 13.1. The minimum absolute atomic E-state index is 0.0998. The Morgan fingerprint density at radius 2 is 1.80 bits per heavy atom. The van der Waals surface area contributed by atoms with Gasteiger partial charge in [0.05, 0.1) is 41.8 Å². The minimum Gasteiger partial charge on any atom is -0.385 e. The molecule has 3 aromatic rings. The van der Waals surface area contributed by atoms with E-state index >= 15 is 0 Å². The summed E-state index contributed by atoms with van der Waals surface area (Å²) in [6, 6.07) is 10.7. The Kier molecular flexibility index (Phi) is 7.82. The first-order chi connectivity index (χ1) is 21.9. The van der Waals surface area contributed by atoms with Crippen LogP contribution in [-0.4, -0.2) is 82.2 Å². The standard InChI is InChI=1S/C33H37N7O5/c1-20-26(27-5-2-6-29(35-27)38-12-14-45-15-13-38)19-39(37-20)23-16-21(17-23)4-3-11-34-22-7-8-24-25(18-22)33(44)40(32(24)43)28-9-10-30(41)36-31(28)42/h2,5-8,18-19,21,23,28,34H,3-4,9-17H2,1H3,(H,36,41,42)/t21-,23-,28?. The number of nitrogens with one attached hydrogen (secondary N) is 2. The molecule has 3 fully saturated rings. The highest BCUT2D eigenvalue weighted by atomic mass is 16.5. The van der Waals surface area contributed by atoms with Gasteiger partial charge in [-0.1, -0.05) is 6.07 Å². The van der Waals surface area contributed by atoms with Crippen molar-refractivity contribution in [3.05, 3.63) is 59.4 Å². The van der Waals surface area contributed by atoms with Crippen LogP contribution in [0.5, 0.6) is 0 Å². The van der Waals surface area contributed by atoms with Crippen LogP contribution in [0, 0.1) is 12.8 Å².